The van der Waals surface area contributed by atoms with Crippen molar-refractivity contribution in [3.63, 3.8) is 0 Å². The minimum atomic E-state index is -0.108. The molecule has 0 aromatic carbocycles. The highest BCUT2D eigenvalue weighted by Crippen LogP contribution is 2.10. The Kier molecular flexibility index (Phi) is 4.70. The van der Waals surface area contributed by atoms with Crippen LogP contribution in [0.5, 0.6) is 0 Å². The summed E-state index contributed by atoms with van der Waals surface area (Å²) in [5.41, 5.74) is 1.02. The number of thiazole rings is 1. The molecule has 15 heavy (non-hydrogen) atoms. The van der Waals surface area contributed by atoms with E-state index in [1.54, 1.807) is 18.4 Å². The van der Waals surface area contributed by atoms with Crippen molar-refractivity contribution in [2.24, 2.45) is 0 Å². The summed E-state index contributed by atoms with van der Waals surface area (Å²) >= 11 is 1.73. The van der Waals surface area contributed by atoms with Gasteiger partial charge >= 0.3 is 0 Å². The smallest absolute Gasteiger partial charge is 0.0926 e. The summed E-state index contributed by atoms with van der Waals surface area (Å²) in [5.74, 6) is 0. The molecule has 1 aromatic heterocycles. The SMILES string of the molecule is CCc1nc(CNCC(C)(C)OC)cs1. The van der Waals surface area contributed by atoms with Gasteiger partial charge < -0.3 is 10.1 Å². The summed E-state index contributed by atoms with van der Waals surface area (Å²) in [5, 5.41) is 6.67. The predicted octanol–water partition coefficient (Wildman–Crippen LogP) is 2.22. The van der Waals surface area contributed by atoms with Gasteiger partial charge in [-0.25, -0.2) is 4.98 Å². The molecule has 3 nitrogen and oxygen atoms in total. The largest absolute Gasteiger partial charge is 0.377 e. The van der Waals surface area contributed by atoms with Crippen molar-refractivity contribution in [1.29, 1.82) is 0 Å². The Morgan fingerprint density at radius 3 is 2.80 bits per heavy atom. The fraction of sp³-hybridized carbons (Fsp3) is 0.727. The number of rotatable bonds is 6. The topological polar surface area (TPSA) is 34.2 Å². The van der Waals surface area contributed by atoms with Crippen LogP contribution in [0.25, 0.3) is 0 Å². The van der Waals surface area contributed by atoms with Crippen LogP contribution in [-0.2, 0) is 17.7 Å². The van der Waals surface area contributed by atoms with Gasteiger partial charge in [0.1, 0.15) is 0 Å². The van der Waals surface area contributed by atoms with Crippen molar-refractivity contribution in [2.75, 3.05) is 13.7 Å². The number of methoxy groups -OCH3 is 1. The maximum Gasteiger partial charge on any atom is 0.0926 e. The molecule has 86 valence electrons. The standard InChI is InChI=1S/C11H20N2OS/c1-5-10-13-9(7-15-10)6-12-8-11(2,3)14-4/h7,12H,5-6,8H2,1-4H3. The van der Waals surface area contributed by atoms with Gasteiger partial charge in [-0.3, -0.25) is 0 Å². The lowest BCUT2D eigenvalue weighted by Crippen LogP contribution is -2.36. The van der Waals surface area contributed by atoms with Crippen LogP contribution in [0.4, 0.5) is 0 Å². The van der Waals surface area contributed by atoms with Gasteiger partial charge in [0.2, 0.25) is 0 Å². The summed E-state index contributed by atoms with van der Waals surface area (Å²) in [6, 6.07) is 0. The normalized spacial score (nSPS) is 12.0. The van der Waals surface area contributed by atoms with Gasteiger partial charge in [0.05, 0.1) is 16.3 Å². The zero-order valence-corrected chi connectivity index (χ0v) is 10.8. The minimum Gasteiger partial charge on any atom is -0.377 e. The molecule has 1 rings (SSSR count). The zero-order chi connectivity index (χ0) is 11.3. The van der Waals surface area contributed by atoms with Gasteiger partial charge in [-0.1, -0.05) is 6.92 Å². The molecule has 1 heterocycles. The van der Waals surface area contributed by atoms with E-state index in [1.807, 2.05) is 0 Å². The number of ether oxygens (including phenoxy) is 1. The van der Waals surface area contributed by atoms with E-state index in [0.29, 0.717) is 0 Å². The summed E-state index contributed by atoms with van der Waals surface area (Å²) < 4.78 is 5.32. The first kappa shape index (κ1) is 12.6. The van der Waals surface area contributed by atoms with Crippen molar-refractivity contribution in [1.82, 2.24) is 10.3 Å². The van der Waals surface area contributed by atoms with Crippen molar-refractivity contribution in [3.8, 4) is 0 Å². The second-order valence-corrected chi connectivity index (χ2v) is 5.10. The van der Waals surface area contributed by atoms with Gasteiger partial charge in [0.15, 0.2) is 0 Å². The molecule has 0 spiro atoms. The highest BCUT2D eigenvalue weighted by molar-refractivity contribution is 7.09. The Labute approximate surface area is 95.9 Å². The summed E-state index contributed by atoms with van der Waals surface area (Å²) in [4.78, 5) is 4.49. The molecule has 0 aliphatic rings. The maximum atomic E-state index is 5.32. The van der Waals surface area contributed by atoms with Crippen molar-refractivity contribution >= 4 is 11.3 Å². The molecule has 0 atom stereocenters. The van der Waals surface area contributed by atoms with E-state index in [9.17, 15) is 0 Å². The van der Waals surface area contributed by atoms with Crippen LogP contribution in [0.2, 0.25) is 0 Å². The van der Waals surface area contributed by atoms with E-state index >= 15 is 0 Å². The van der Waals surface area contributed by atoms with Gasteiger partial charge in [-0.2, -0.15) is 0 Å². The molecular weight excluding hydrogens is 208 g/mol. The Hall–Kier alpha value is -0.450. The Bertz CT molecular complexity index is 297. The fourth-order valence-electron chi connectivity index (χ4n) is 1.16. The van der Waals surface area contributed by atoms with E-state index in [0.717, 1.165) is 25.2 Å². The number of nitrogens with one attached hydrogen (secondary N) is 1. The minimum absolute atomic E-state index is 0.108. The van der Waals surface area contributed by atoms with Crippen LogP contribution < -0.4 is 5.32 Å². The molecule has 0 saturated carbocycles. The number of nitrogens with zero attached hydrogens (tertiary/aromatic N) is 1. The number of hydrogen-bond donors (Lipinski definition) is 1. The first-order chi connectivity index (χ1) is 7.07. The third kappa shape index (κ3) is 4.28. The van der Waals surface area contributed by atoms with Gasteiger partial charge in [-0.05, 0) is 20.3 Å². The quantitative estimate of drug-likeness (QED) is 0.810. The lowest BCUT2D eigenvalue weighted by molar-refractivity contribution is 0.0230. The van der Waals surface area contributed by atoms with Crippen molar-refractivity contribution < 1.29 is 4.74 Å². The van der Waals surface area contributed by atoms with Gasteiger partial charge in [-0.15, -0.1) is 11.3 Å². The highest BCUT2D eigenvalue weighted by atomic mass is 32.1. The lowest BCUT2D eigenvalue weighted by atomic mass is 10.1. The van der Waals surface area contributed by atoms with E-state index in [-0.39, 0.29) is 5.60 Å². The van der Waals surface area contributed by atoms with Gasteiger partial charge in [0, 0.05) is 25.6 Å². The van der Waals surface area contributed by atoms with Crippen LogP contribution in [0, 0.1) is 0 Å². The van der Waals surface area contributed by atoms with Crippen LogP contribution in [-0.4, -0.2) is 24.2 Å². The second kappa shape index (κ2) is 5.58. The van der Waals surface area contributed by atoms with E-state index in [2.05, 4.69) is 36.5 Å². The zero-order valence-electron chi connectivity index (χ0n) is 9.96. The molecule has 0 amide bonds. The van der Waals surface area contributed by atoms with E-state index in [4.69, 9.17) is 4.74 Å². The maximum absolute atomic E-state index is 5.32. The van der Waals surface area contributed by atoms with E-state index in [1.165, 1.54) is 5.01 Å². The molecule has 0 unspecified atom stereocenters. The van der Waals surface area contributed by atoms with Crippen LogP contribution in [0.1, 0.15) is 31.5 Å². The van der Waals surface area contributed by atoms with Crippen LogP contribution in [0.15, 0.2) is 5.38 Å². The van der Waals surface area contributed by atoms with Crippen molar-refractivity contribution in [3.05, 3.63) is 16.1 Å². The van der Waals surface area contributed by atoms with E-state index < -0.39 is 0 Å². The Morgan fingerprint density at radius 2 is 2.27 bits per heavy atom. The first-order valence-corrected chi connectivity index (χ1v) is 6.14. The number of hydrogen-bond acceptors (Lipinski definition) is 4. The average molecular weight is 228 g/mol. The predicted molar refractivity (Wildman–Crippen MR) is 64.3 cm³/mol. The summed E-state index contributed by atoms with van der Waals surface area (Å²) in [6.45, 7) is 7.92. The first-order valence-electron chi connectivity index (χ1n) is 5.26. The third-order valence-electron chi connectivity index (χ3n) is 2.31. The molecule has 0 aliphatic carbocycles. The van der Waals surface area contributed by atoms with Crippen molar-refractivity contribution in [2.45, 2.75) is 39.3 Å². The number of aryl methyl sites for hydroxylation is 1. The molecule has 1 N–H and O–H groups in total. The molecule has 0 aliphatic heterocycles. The molecule has 4 heteroatoms. The average Bonchev–Trinajstić information content (AvgIpc) is 2.66. The van der Waals surface area contributed by atoms with Crippen LogP contribution >= 0.6 is 11.3 Å². The van der Waals surface area contributed by atoms with Gasteiger partial charge in [0.25, 0.3) is 0 Å². The monoisotopic (exact) mass is 228 g/mol. The lowest BCUT2D eigenvalue weighted by Gasteiger charge is -2.22. The third-order valence-corrected chi connectivity index (χ3v) is 3.35. The number of aromatic nitrogens is 1. The highest BCUT2D eigenvalue weighted by Gasteiger charge is 2.15. The molecule has 0 saturated heterocycles. The fourth-order valence-corrected chi connectivity index (χ4v) is 1.90. The van der Waals surface area contributed by atoms with Crippen LogP contribution in [0.3, 0.4) is 0 Å². The Balaban J connectivity index is 2.31. The Morgan fingerprint density at radius 1 is 1.53 bits per heavy atom. The molecule has 0 fully saturated rings. The molecule has 0 radical (unpaired) electrons. The molecule has 1 aromatic rings. The molecule has 0 bridgehead atoms. The summed E-state index contributed by atoms with van der Waals surface area (Å²) in [7, 11) is 1.74. The second-order valence-electron chi connectivity index (χ2n) is 4.15. The summed E-state index contributed by atoms with van der Waals surface area (Å²) in [6.07, 6.45) is 1.02. The molecular formula is C11H20N2OS.